The second-order valence-corrected chi connectivity index (χ2v) is 4.56. The minimum Gasteiger partial charge on any atom is -0.334 e. The van der Waals surface area contributed by atoms with Crippen LogP contribution in [0.4, 0.5) is 0 Å². The minimum absolute atomic E-state index is 0.567. The molecule has 2 aromatic rings. The highest BCUT2D eigenvalue weighted by Crippen LogP contribution is 2.26. The van der Waals surface area contributed by atoms with Gasteiger partial charge < -0.3 is 9.84 Å². The van der Waals surface area contributed by atoms with E-state index in [-0.39, 0.29) is 0 Å². The highest BCUT2D eigenvalue weighted by Gasteiger charge is 2.10. The predicted octanol–water partition coefficient (Wildman–Crippen LogP) is 2.65. The summed E-state index contributed by atoms with van der Waals surface area (Å²) in [6, 6.07) is 7.82. The number of rotatable bonds is 5. The first-order valence-electron chi connectivity index (χ1n) is 5.53. The van der Waals surface area contributed by atoms with Crippen LogP contribution in [0.3, 0.4) is 0 Å². The fourth-order valence-corrected chi connectivity index (χ4v) is 1.98. The van der Waals surface area contributed by atoms with Crippen LogP contribution in [0.25, 0.3) is 11.5 Å². The van der Waals surface area contributed by atoms with E-state index in [1.54, 1.807) is 0 Å². The molecule has 0 aliphatic rings. The summed E-state index contributed by atoms with van der Waals surface area (Å²) >= 11 is 3.47. The average Bonchev–Trinajstić information content (AvgIpc) is 2.79. The highest BCUT2D eigenvalue weighted by atomic mass is 79.9. The van der Waals surface area contributed by atoms with Gasteiger partial charge in [-0.05, 0) is 48.1 Å². The van der Waals surface area contributed by atoms with Gasteiger partial charge in [-0.1, -0.05) is 17.3 Å². The van der Waals surface area contributed by atoms with E-state index in [0.29, 0.717) is 5.89 Å². The topological polar surface area (TPSA) is 51.0 Å². The van der Waals surface area contributed by atoms with Gasteiger partial charge in [0.2, 0.25) is 0 Å². The number of halogens is 1. The zero-order valence-corrected chi connectivity index (χ0v) is 11.2. The molecule has 1 heterocycles. The molecule has 2 rings (SSSR count). The van der Waals surface area contributed by atoms with Crippen molar-refractivity contribution in [2.24, 2.45) is 0 Å². The number of nitrogens with one attached hydrogen (secondary N) is 1. The van der Waals surface area contributed by atoms with E-state index in [1.165, 1.54) is 0 Å². The second-order valence-electron chi connectivity index (χ2n) is 3.70. The summed E-state index contributed by atoms with van der Waals surface area (Å²) in [5.41, 5.74) is 0.930. The van der Waals surface area contributed by atoms with Crippen LogP contribution in [0.5, 0.6) is 0 Å². The summed E-state index contributed by atoms with van der Waals surface area (Å²) in [7, 11) is 1.93. The van der Waals surface area contributed by atoms with E-state index in [1.807, 2.05) is 31.3 Å². The quantitative estimate of drug-likeness (QED) is 0.862. The molecule has 0 aliphatic carbocycles. The zero-order chi connectivity index (χ0) is 12.1. The first-order valence-corrected chi connectivity index (χ1v) is 6.32. The van der Waals surface area contributed by atoms with Crippen LogP contribution in [0.1, 0.15) is 12.2 Å². The molecule has 17 heavy (non-hydrogen) atoms. The Kier molecular flexibility index (Phi) is 4.28. The molecule has 1 aromatic heterocycles. The third kappa shape index (κ3) is 3.14. The molecule has 5 heteroatoms. The van der Waals surface area contributed by atoms with Crippen LogP contribution in [-0.2, 0) is 6.42 Å². The first-order chi connectivity index (χ1) is 8.31. The molecule has 0 amide bonds. The largest absolute Gasteiger partial charge is 0.334 e. The van der Waals surface area contributed by atoms with E-state index in [9.17, 15) is 0 Å². The lowest BCUT2D eigenvalue weighted by Gasteiger charge is -1.96. The lowest BCUT2D eigenvalue weighted by Crippen LogP contribution is -2.08. The number of aromatic nitrogens is 2. The molecule has 4 nitrogen and oxygen atoms in total. The average molecular weight is 296 g/mol. The Morgan fingerprint density at radius 2 is 2.18 bits per heavy atom. The normalized spacial score (nSPS) is 10.7. The molecular weight excluding hydrogens is 282 g/mol. The Labute approximate surface area is 109 Å². The minimum atomic E-state index is 0.567. The summed E-state index contributed by atoms with van der Waals surface area (Å²) in [6.45, 7) is 0.957. The van der Waals surface area contributed by atoms with Crippen molar-refractivity contribution in [1.82, 2.24) is 15.5 Å². The van der Waals surface area contributed by atoms with Crippen molar-refractivity contribution >= 4 is 15.9 Å². The number of hydrogen-bond donors (Lipinski definition) is 1. The van der Waals surface area contributed by atoms with Gasteiger partial charge in [0.25, 0.3) is 5.89 Å². The summed E-state index contributed by atoms with van der Waals surface area (Å²) in [6.07, 6.45) is 1.83. The Bertz CT molecular complexity index is 484. The van der Waals surface area contributed by atoms with Gasteiger partial charge >= 0.3 is 0 Å². The number of hydrogen-bond acceptors (Lipinski definition) is 4. The van der Waals surface area contributed by atoms with Crippen molar-refractivity contribution in [3.63, 3.8) is 0 Å². The molecule has 0 saturated carbocycles. The molecule has 0 fully saturated rings. The summed E-state index contributed by atoms with van der Waals surface area (Å²) in [5, 5.41) is 7.06. The van der Waals surface area contributed by atoms with Crippen molar-refractivity contribution in [1.29, 1.82) is 0 Å². The van der Waals surface area contributed by atoms with Gasteiger partial charge in [0.1, 0.15) is 0 Å². The van der Waals surface area contributed by atoms with E-state index in [4.69, 9.17) is 4.52 Å². The number of benzene rings is 1. The van der Waals surface area contributed by atoms with Crippen molar-refractivity contribution in [2.45, 2.75) is 12.8 Å². The smallest absolute Gasteiger partial charge is 0.259 e. The summed E-state index contributed by atoms with van der Waals surface area (Å²) < 4.78 is 6.21. The monoisotopic (exact) mass is 295 g/mol. The molecule has 0 radical (unpaired) electrons. The Morgan fingerprint density at radius 1 is 1.35 bits per heavy atom. The Hall–Kier alpha value is -1.20. The number of aryl methyl sites for hydroxylation is 1. The van der Waals surface area contributed by atoms with E-state index in [2.05, 4.69) is 31.4 Å². The molecule has 0 bridgehead atoms. The lowest BCUT2D eigenvalue weighted by molar-refractivity contribution is 0.421. The van der Waals surface area contributed by atoms with Crippen LogP contribution in [0.2, 0.25) is 0 Å². The van der Waals surface area contributed by atoms with Crippen molar-refractivity contribution in [2.75, 3.05) is 13.6 Å². The van der Waals surface area contributed by atoms with Crippen LogP contribution in [0.15, 0.2) is 33.3 Å². The third-order valence-electron chi connectivity index (χ3n) is 2.40. The molecule has 0 atom stereocenters. The highest BCUT2D eigenvalue weighted by molar-refractivity contribution is 9.10. The lowest BCUT2D eigenvalue weighted by atomic mass is 10.2. The maximum atomic E-state index is 5.25. The van der Waals surface area contributed by atoms with Crippen molar-refractivity contribution in [3.05, 3.63) is 34.6 Å². The summed E-state index contributed by atoms with van der Waals surface area (Å²) in [5.74, 6) is 1.32. The van der Waals surface area contributed by atoms with Gasteiger partial charge in [-0.3, -0.25) is 0 Å². The van der Waals surface area contributed by atoms with Crippen LogP contribution in [0, 0.1) is 0 Å². The second kappa shape index (κ2) is 5.93. The first kappa shape index (κ1) is 12.3. The SMILES string of the molecule is CNCCCc1noc(-c2ccccc2Br)n1. The van der Waals surface area contributed by atoms with Crippen molar-refractivity contribution in [3.8, 4) is 11.5 Å². The molecule has 0 spiro atoms. The summed E-state index contributed by atoms with van der Waals surface area (Å²) in [4.78, 5) is 4.38. The van der Waals surface area contributed by atoms with Gasteiger partial charge in [-0.2, -0.15) is 4.98 Å². The van der Waals surface area contributed by atoms with Gasteiger partial charge in [-0.25, -0.2) is 0 Å². The maximum absolute atomic E-state index is 5.25. The number of nitrogens with zero attached hydrogens (tertiary/aromatic N) is 2. The standard InChI is InChI=1S/C12H14BrN3O/c1-14-8-4-7-11-15-12(17-16-11)9-5-2-3-6-10(9)13/h2-3,5-6,14H,4,7-8H2,1H3. The van der Waals surface area contributed by atoms with Gasteiger partial charge in [0.05, 0.1) is 5.56 Å². The van der Waals surface area contributed by atoms with E-state index >= 15 is 0 Å². The van der Waals surface area contributed by atoms with Crippen LogP contribution in [-0.4, -0.2) is 23.7 Å². The van der Waals surface area contributed by atoms with Gasteiger partial charge in [0.15, 0.2) is 5.82 Å². The fraction of sp³-hybridized carbons (Fsp3) is 0.333. The van der Waals surface area contributed by atoms with Gasteiger partial charge in [0, 0.05) is 10.9 Å². The Morgan fingerprint density at radius 3 is 2.94 bits per heavy atom. The molecule has 0 unspecified atom stereocenters. The zero-order valence-electron chi connectivity index (χ0n) is 9.61. The van der Waals surface area contributed by atoms with E-state index < -0.39 is 0 Å². The molecule has 0 saturated heterocycles. The molecule has 0 aliphatic heterocycles. The van der Waals surface area contributed by atoms with E-state index in [0.717, 1.165) is 35.2 Å². The van der Waals surface area contributed by atoms with Gasteiger partial charge in [-0.15, -0.1) is 0 Å². The molecule has 1 N–H and O–H groups in total. The van der Waals surface area contributed by atoms with Crippen LogP contribution >= 0.6 is 15.9 Å². The predicted molar refractivity (Wildman–Crippen MR) is 69.7 cm³/mol. The Balaban J connectivity index is 2.10. The maximum Gasteiger partial charge on any atom is 0.259 e. The molecule has 90 valence electrons. The fourth-order valence-electron chi connectivity index (χ4n) is 1.52. The molecule has 1 aromatic carbocycles. The van der Waals surface area contributed by atoms with Crippen molar-refractivity contribution < 1.29 is 4.52 Å². The molecular formula is C12H14BrN3O. The third-order valence-corrected chi connectivity index (χ3v) is 3.09. The van der Waals surface area contributed by atoms with Crippen LogP contribution < -0.4 is 5.32 Å².